The van der Waals surface area contributed by atoms with Crippen LogP contribution in [-0.4, -0.2) is 36.8 Å². The Morgan fingerprint density at radius 3 is 2.56 bits per heavy atom. The SMILES string of the molecule is CCCN(Cc1ccccc1O)C(=O)Nc1cc(OC)ccc1OC. The largest absolute Gasteiger partial charge is 0.508 e. The summed E-state index contributed by atoms with van der Waals surface area (Å²) < 4.78 is 10.5. The summed E-state index contributed by atoms with van der Waals surface area (Å²) >= 11 is 0. The number of anilines is 1. The highest BCUT2D eigenvalue weighted by Gasteiger charge is 2.17. The maximum absolute atomic E-state index is 12.7. The summed E-state index contributed by atoms with van der Waals surface area (Å²) in [7, 11) is 3.11. The van der Waals surface area contributed by atoms with Crippen LogP contribution in [0.25, 0.3) is 0 Å². The van der Waals surface area contributed by atoms with E-state index >= 15 is 0 Å². The fourth-order valence-electron chi connectivity index (χ4n) is 2.48. The normalized spacial score (nSPS) is 10.2. The highest BCUT2D eigenvalue weighted by atomic mass is 16.5. The minimum Gasteiger partial charge on any atom is -0.508 e. The molecule has 0 spiro atoms. The molecule has 0 bridgehead atoms. The summed E-state index contributed by atoms with van der Waals surface area (Å²) in [6.45, 7) is 2.88. The van der Waals surface area contributed by atoms with E-state index in [1.165, 1.54) is 0 Å². The molecule has 0 heterocycles. The van der Waals surface area contributed by atoms with Crippen molar-refractivity contribution in [2.75, 3.05) is 26.1 Å². The van der Waals surface area contributed by atoms with Crippen LogP contribution >= 0.6 is 0 Å². The number of carbonyl (C=O) groups excluding carboxylic acids is 1. The summed E-state index contributed by atoms with van der Waals surface area (Å²) in [5.41, 5.74) is 1.23. The van der Waals surface area contributed by atoms with Crippen LogP contribution in [0.4, 0.5) is 10.5 Å². The van der Waals surface area contributed by atoms with Crippen molar-refractivity contribution in [2.45, 2.75) is 19.9 Å². The number of para-hydroxylation sites is 1. The molecule has 0 saturated carbocycles. The number of phenols is 1. The van der Waals surface area contributed by atoms with Crippen molar-refractivity contribution in [3.05, 3.63) is 48.0 Å². The number of hydrogen-bond acceptors (Lipinski definition) is 4. The van der Waals surface area contributed by atoms with Gasteiger partial charge >= 0.3 is 6.03 Å². The number of hydrogen-bond donors (Lipinski definition) is 2. The molecule has 0 saturated heterocycles. The second-order valence-electron chi connectivity index (χ2n) is 5.55. The average Bonchev–Trinajstić information content (AvgIpc) is 2.62. The highest BCUT2D eigenvalue weighted by molar-refractivity contribution is 5.91. The maximum Gasteiger partial charge on any atom is 0.322 e. The number of methoxy groups -OCH3 is 2. The zero-order valence-corrected chi connectivity index (χ0v) is 14.8. The predicted octanol–water partition coefficient (Wildman–Crippen LogP) is 3.85. The minimum absolute atomic E-state index is 0.176. The predicted molar refractivity (Wildman–Crippen MR) is 97.4 cm³/mol. The van der Waals surface area contributed by atoms with Crippen molar-refractivity contribution < 1.29 is 19.4 Å². The van der Waals surface area contributed by atoms with Crippen molar-refractivity contribution in [3.8, 4) is 17.2 Å². The zero-order valence-electron chi connectivity index (χ0n) is 14.8. The van der Waals surface area contributed by atoms with Gasteiger partial charge in [-0.2, -0.15) is 0 Å². The van der Waals surface area contributed by atoms with Crippen molar-refractivity contribution >= 4 is 11.7 Å². The van der Waals surface area contributed by atoms with Crippen LogP contribution in [0.15, 0.2) is 42.5 Å². The second kappa shape index (κ2) is 8.82. The van der Waals surface area contributed by atoms with E-state index in [1.807, 2.05) is 13.0 Å². The lowest BCUT2D eigenvalue weighted by molar-refractivity contribution is 0.208. The van der Waals surface area contributed by atoms with Gasteiger partial charge in [0.25, 0.3) is 0 Å². The van der Waals surface area contributed by atoms with Gasteiger partial charge in [0.1, 0.15) is 17.2 Å². The van der Waals surface area contributed by atoms with Crippen molar-refractivity contribution in [1.82, 2.24) is 4.90 Å². The molecule has 2 N–H and O–H groups in total. The van der Waals surface area contributed by atoms with Gasteiger partial charge < -0.3 is 24.8 Å². The Labute approximate surface area is 148 Å². The zero-order chi connectivity index (χ0) is 18.2. The van der Waals surface area contributed by atoms with Crippen LogP contribution in [-0.2, 0) is 6.54 Å². The minimum atomic E-state index is -0.267. The average molecular weight is 344 g/mol. The molecule has 2 aromatic rings. The molecule has 6 heteroatoms. The van der Waals surface area contributed by atoms with Gasteiger partial charge in [-0.3, -0.25) is 0 Å². The van der Waals surface area contributed by atoms with Gasteiger partial charge in [-0.05, 0) is 24.6 Å². The number of rotatable bonds is 7. The van der Waals surface area contributed by atoms with Crippen molar-refractivity contribution in [2.24, 2.45) is 0 Å². The van der Waals surface area contributed by atoms with Gasteiger partial charge in [0.05, 0.1) is 26.5 Å². The first-order chi connectivity index (χ1) is 12.1. The molecule has 134 valence electrons. The molecule has 0 aromatic heterocycles. The summed E-state index contributed by atoms with van der Waals surface area (Å²) in [6.07, 6.45) is 0.802. The third kappa shape index (κ3) is 4.79. The lowest BCUT2D eigenvalue weighted by Gasteiger charge is -2.23. The molecule has 6 nitrogen and oxygen atoms in total. The van der Waals surface area contributed by atoms with Crippen LogP contribution in [0.5, 0.6) is 17.2 Å². The molecular formula is C19H24N2O4. The third-order valence-electron chi connectivity index (χ3n) is 3.78. The van der Waals surface area contributed by atoms with Crippen LogP contribution < -0.4 is 14.8 Å². The van der Waals surface area contributed by atoms with E-state index in [0.717, 1.165) is 6.42 Å². The van der Waals surface area contributed by atoms with Gasteiger partial charge in [-0.25, -0.2) is 4.79 Å². The second-order valence-corrected chi connectivity index (χ2v) is 5.55. The lowest BCUT2D eigenvalue weighted by atomic mass is 10.2. The Balaban J connectivity index is 2.19. The summed E-state index contributed by atoms with van der Waals surface area (Å²) in [5, 5.41) is 12.8. The summed E-state index contributed by atoms with van der Waals surface area (Å²) in [4.78, 5) is 14.4. The number of benzene rings is 2. The van der Waals surface area contributed by atoms with E-state index in [-0.39, 0.29) is 11.8 Å². The first-order valence-electron chi connectivity index (χ1n) is 8.13. The monoisotopic (exact) mass is 344 g/mol. The molecule has 25 heavy (non-hydrogen) atoms. The Bertz CT molecular complexity index is 718. The number of phenolic OH excluding ortho intramolecular Hbond substituents is 1. The van der Waals surface area contributed by atoms with Crippen LogP contribution in [0.1, 0.15) is 18.9 Å². The molecular weight excluding hydrogens is 320 g/mol. The standard InChI is InChI=1S/C19H24N2O4/c1-4-11-21(13-14-7-5-6-8-17(14)22)19(23)20-16-12-15(24-2)9-10-18(16)25-3/h5-10,12,22H,4,11,13H2,1-3H3,(H,20,23). The Kier molecular flexibility index (Phi) is 6.51. The molecule has 2 rings (SSSR count). The number of carbonyl (C=O) groups is 1. The van der Waals surface area contributed by atoms with E-state index in [4.69, 9.17) is 9.47 Å². The van der Waals surface area contributed by atoms with E-state index in [9.17, 15) is 9.90 Å². The molecule has 0 atom stereocenters. The smallest absolute Gasteiger partial charge is 0.322 e. The van der Waals surface area contributed by atoms with Gasteiger partial charge in [-0.1, -0.05) is 25.1 Å². The number of ether oxygens (including phenoxy) is 2. The van der Waals surface area contributed by atoms with E-state index in [2.05, 4.69) is 5.32 Å². The van der Waals surface area contributed by atoms with Crippen molar-refractivity contribution in [1.29, 1.82) is 0 Å². The number of urea groups is 1. The quantitative estimate of drug-likeness (QED) is 0.800. The molecule has 0 fully saturated rings. The van der Waals surface area contributed by atoms with Gasteiger partial charge in [0.15, 0.2) is 0 Å². The molecule has 2 aromatic carbocycles. The molecule has 2 amide bonds. The Morgan fingerprint density at radius 1 is 1.16 bits per heavy atom. The molecule has 0 unspecified atom stereocenters. The number of amides is 2. The summed E-state index contributed by atoms with van der Waals surface area (Å²) in [5.74, 6) is 1.35. The molecule has 0 radical (unpaired) electrons. The van der Waals surface area contributed by atoms with E-state index in [1.54, 1.807) is 55.5 Å². The fourth-order valence-corrected chi connectivity index (χ4v) is 2.48. The van der Waals surface area contributed by atoms with Crippen LogP contribution in [0.2, 0.25) is 0 Å². The highest BCUT2D eigenvalue weighted by Crippen LogP contribution is 2.29. The van der Waals surface area contributed by atoms with Crippen LogP contribution in [0.3, 0.4) is 0 Å². The van der Waals surface area contributed by atoms with E-state index in [0.29, 0.717) is 35.8 Å². The molecule has 0 aliphatic rings. The lowest BCUT2D eigenvalue weighted by Crippen LogP contribution is -2.35. The fraction of sp³-hybridized carbons (Fsp3) is 0.316. The first kappa shape index (κ1) is 18.4. The number of aromatic hydroxyl groups is 1. The summed E-state index contributed by atoms with van der Waals surface area (Å²) in [6, 6.07) is 12.0. The topological polar surface area (TPSA) is 71.0 Å². The van der Waals surface area contributed by atoms with E-state index < -0.39 is 0 Å². The van der Waals surface area contributed by atoms with Gasteiger partial charge in [0, 0.05) is 18.2 Å². The number of nitrogens with one attached hydrogen (secondary N) is 1. The Morgan fingerprint density at radius 2 is 1.92 bits per heavy atom. The van der Waals surface area contributed by atoms with Crippen LogP contribution in [0, 0.1) is 0 Å². The van der Waals surface area contributed by atoms with Crippen molar-refractivity contribution in [3.63, 3.8) is 0 Å². The number of nitrogens with zero attached hydrogens (tertiary/aromatic N) is 1. The molecule has 0 aliphatic carbocycles. The van der Waals surface area contributed by atoms with Gasteiger partial charge in [-0.15, -0.1) is 0 Å². The molecule has 0 aliphatic heterocycles. The van der Waals surface area contributed by atoms with Gasteiger partial charge in [0.2, 0.25) is 0 Å². The third-order valence-corrected chi connectivity index (χ3v) is 3.78. The Hall–Kier alpha value is -2.89. The maximum atomic E-state index is 12.7. The first-order valence-corrected chi connectivity index (χ1v) is 8.13.